The Kier molecular flexibility index (Phi) is 5.88. The van der Waals surface area contributed by atoms with E-state index in [1.54, 1.807) is 13.8 Å². The van der Waals surface area contributed by atoms with Crippen LogP contribution in [0.15, 0.2) is 18.2 Å². The Balaban J connectivity index is 2.75. The maximum absolute atomic E-state index is 13.4. The molecule has 0 radical (unpaired) electrons. The van der Waals surface area contributed by atoms with Gasteiger partial charge in [0, 0.05) is 19.6 Å². The van der Waals surface area contributed by atoms with Crippen molar-refractivity contribution in [2.75, 3.05) is 13.2 Å². The maximum atomic E-state index is 13.4. The fourth-order valence-corrected chi connectivity index (χ4v) is 1.49. The second-order valence-electron chi connectivity index (χ2n) is 3.60. The molecule has 3 nitrogen and oxygen atoms in total. The predicted molar refractivity (Wildman–Crippen MR) is 62.1 cm³/mol. The fraction of sp³-hybridized carbons (Fsp3) is 0.462. The molecule has 18 heavy (non-hydrogen) atoms. The molecule has 0 aromatic heterocycles. The van der Waals surface area contributed by atoms with Gasteiger partial charge in [-0.15, -0.1) is 0 Å². The van der Waals surface area contributed by atoms with Crippen molar-refractivity contribution in [1.82, 2.24) is 0 Å². The summed E-state index contributed by atoms with van der Waals surface area (Å²) in [6, 6.07) is 3.73. The Morgan fingerprint density at radius 2 is 1.83 bits per heavy atom. The summed E-state index contributed by atoms with van der Waals surface area (Å²) in [5, 5.41) is 0. The summed E-state index contributed by atoms with van der Waals surface area (Å²) in [5.41, 5.74) is 0.00408. The molecule has 0 aliphatic heterocycles. The van der Waals surface area contributed by atoms with E-state index in [1.807, 2.05) is 0 Å². The molecule has 0 heterocycles. The largest absolute Gasteiger partial charge is 0.346 e. The predicted octanol–water partition coefficient (Wildman–Crippen LogP) is 2.48. The third-order valence-corrected chi connectivity index (χ3v) is 2.30. The average Bonchev–Trinajstić information content (AvgIpc) is 2.34. The standard InChI is InChI=1S/C13H16F2O3/c1-3-17-13(18-4-2)11(16)8-9-6-5-7-10(14)12(9)15/h5-7,13H,3-4,8H2,1-2H3. The van der Waals surface area contributed by atoms with Crippen LogP contribution in [0, 0.1) is 11.6 Å². The van der Waals surface area contributed by atoms with Crippen molar-refractivity contribution in [1.29, 1.82) is 0 Å². The molecule has 0 amide bonds. The topological polar surface area (TPSA) is 35.5 Å². The summed E-state index contributed by atoms with van der Waals surface area (Å²) >= 11 is 0. The normalized spacial score (nSPS) is 10.9. The van der Waals surface area contributed by atoms with Crippen LogP contribution in [0.25, 0.3) is 0 Å². The van der Waals surface area contributed by atoms with E-state index in [0.29, 0.717) is 13.2 Å². The Labute approximate surface area is 105 Å². The van der Waals surface area contributed by atoms with Gasteiger partial charge >= 0.3 is 0 Å². The number of carbonyl (C=O) groups is 1. The van der Waals surface area contributed by atoms with Crippen molar-refractivity contribution in [2.24, 2.45) is 0 Å². The van der Waals surface area contributed by atoms with Gasteiger partial charge in [-0.25, -0.2) is 8.78 Å². The molecule has 1 rings (SSSR count). The van der Waals surface area contributed by atoms with E-state index in [-0.39, 0.29) is 12.0 Å². The summed E-state index contributed by atoms with van der Waals surface area (Å²) in [6.07, 6.45) is -1.28. The van der Waals surface area contributed by atoms with E-state index < -0.39 is 23.7 Å². The molecule has 0 N–H and O–H groups in total. The number of hydrogen-bond donors (Lipinski definition) is 0. The smallest absolute Gasteiger partial charge is 0.218 e. The fourth-order valence-electron chi connectivity index (χ4n) is 1.49. The third-order valence-electron chi connectivity index (χ3n) is 2.30. The highest BCUT2D eigenvalue weighted by molar-refractivity contribution is 5.84. The number of halogens is 2. The van der Waals surface area contributed by atoms with Gasteiger partial charge in [0.25, 0.3) is 0 Å². The van der Waals surface area contributed by atoms with E-state index in [2.05, 4.69) is 0 Å². The van der Waals surface area contributed by atoms with Gasteiger partial charge in [0.2, 0.25) is 6.29 Å². The second kappa shape index (κ2) is 7.18. The van der Waals surface area contributed by atoms with Crippen LogP contribution in [0.2, 0.25) is 0 Å². The van der Waals surface area contributed by atoms with Crippen molar-refractivity contribution in [3.63, 3.8) is 0 Å². The van der Waals surface area contributed by atoms with Crippen molar-refractivity contribution < 1.29 is 23.0 Å². The second-order valence-corrected chi connectivity index (χ2v) is 3.60. The molecule has 0 saturated carbocycles. The van der Waals surface area contributed by atoms with E-state index in [9.17, 15) is 13.6 Å². The van der Waals surface area contributed by atoms with Crippen molar-refractivity contribution >= 4 is 5.78 Å². The first-order chi connectivity index (χ1) is 8.60. The van der Waals surface area contributed by atoms with Crippen molar-refractivity contribution in [3.8, 4) is 0 Å². The molecule has 0 atom stereocenters. The minimum Gasteiger partial charge on any atom is -0.346 e. The Bertz CT molecular complexity index is 401. The first-order valence-electron chi connectivity index (χ1n) is 5.78. The zero-order chi connectivity index (χ0) is 13.5. The quantitative estimate of drug-likeness (QED) is 0.705. The molecule has 0 aliphatic carbocycles. The van der Waals surface area contributed by atoms with Gasteiger partial charge in [0.05, 0.1) is 0 Å². The molecule has 0 spiro atoms. The maximum Gasteiger partial charge on any atom is 0.218 e. The van der Waals surface area contributed by atoms with Gasteiger partial charge < -0.3 is 9.47 Å². The minimum absolute atomic E-state index is 0.00408. The van der Waals surface area contributed by atoms with E-state index >= 15 is 0 Å². The molecule has 0 bridgehead atoms. The number of carbonyl (C=O) groups excluding carboxylic acids is 1. The molecular weight excluding hydrogens is 242 g/mol. The minimum atomic E-state index is -1.03. The lowest BCUT2D eigenvalue weighted by Crippen LogP contribution is -2.29. The number of benzene rings is 1. The Morgan fingerprint density at radius 1 is 1.22 bits per heavy atom. The van der Waals surface area contributed by atoms with Gasteiger partial charge in [-0.1, -0.05) is 12.1 Å². The molecule has 0 saturated heterocycles. The number of ketones is 1. The molecule has 1 aromatic carbocycles. The first-order valence-corrected chi connectivity index (χ1v) is 5.78. The van der Waals surface area contributed by atoms with Gasteiger partial charge in [-0.2, -0.15) is 0 Å². The molecule has 5 heteroatoms. The van der Waals surface area contributed by atoms with Crippen LogP contribution in [-0.4, -0.2) is 25.3 Å². The van der Waals surface area contributed by atoms with Crippen LogP contribution in [0.4, 0.5) is 8.78 Å². The lowest BCUT2D eigenvalue weighted by molar-refractivity contribution is -0.167. The number of Topliss-reactive ketones (excluding diaryl/α,β-unsaturated/α-hetero) is 1. The monoisotopic (exact) mass is 258 g/mol. The SMILES string of the molecule is CCOC(OCC)C(=O)Cc1cccc(F)c1F. The summed E-state index contributed by atoms with van der Waals surface area (Å²) in [4.78, 5) is 11.8. The number of rotatable bonds is 7. The molecule has 100 valence electrons. The van der Waals surface area contributed by atoms with Gasteiger partial charge in [0.15, 0.2) is 17.4 Å². The molecule has 0 unspecified atom stereocenters. The van der Waals surface area contributed by atoms with Gasteiger partial charge in [0.1, 0.15) is 0 Å². The molecule has 1 aromatic rings. The van der Waals surface area contributed by atoms with E-state index in [0.717, 1.165) is 6.07 Å². The lowest BCUT2D eigenvalue weighted by Gasteiger charge is -2.15. The zero-order valence-corrected chi connectivity index (χ0v) is 10.4. The number of ether oxygens (including phenoxy) is 2. The van der Waals surface area contributed by atoms with Crippen LogP contribution in [0.5, 0.6) is 0 Å². The Morgan fingerprint density at radius 3 is 2.39 bits per heavy atom. The van der Waals surface area contributed by atoms with Crippen molar-refractivity contribution in [3.05, 3.63) is 35.4 Å². The lowest BCUT2D eigenvalue weighted by atomic mass is 10.1. The Hall–Kier alpha value is -1.33. The molecule has 0 aliphatic rings. The van der Waals surface area contributed by atoms with Crippen LogP contribution in [-0.2, 0) is 20.7 Å². The van der Waals surface area contributed by atoms with E-state index in [4.69, 9.17) is 9.47 Å². The third kappa shape index (κ3) is 3.85. The van der Waals surface area contributed by atoms with Crippen LogP contribution >= 0.6 is 0 Å². The highest BCUT2D eigenvalue weighted by atomic mass is 19.2. The number of hydrogen-bond acceptors (Lipinski definition) is 3. The van der Waals surface area contributed by atoms with E-state index in [1.165, 1.54) is 12.1 Å². The highest BCUT2D eigenvalue weighted by Crippen LogP contribution is 2.13. The molecular formula is C13H16F2O3. The summed E-state index contributed by atoms with van der Waals surface area (Å²) in [5.74, 6) is -2.40. The average molecular weight is 258 g/mol. The first kappa shape index (κ1) is 14.7. The van der Waals surface area contributed by atoms with Crippen LogP contribution in [0.3, 0.4) is 0 Å². The molecule has 0 fully saturated rings. The summed E-state index contributed by atoms with van der Waals surface area (Å²) < 4.78 is 36.6. The summed E-state index contributed by atoms with van der Waals surface area (Å²) in [6.45, 7) is 4.06. The summed E-state index contributed by atoms with van der Waals surface area (Å²) in [7, 11) is 0. The highest BCUT2D eigenvalue weighted by Gasteiger charge is 2.21. The van der Waals surface area contributed by atoms with Crippen LogP contribution < -0.4 is 0 Å². The van der Waals surface area contributed by atoms with Crippen molar-refractivity contribution in [2.45, 2.75) is 26.6 Å². The van der Waals surface area contributed by atoms with Gasteiger partial charge in [-0.05, 0) is 25.5 Å². The zero-order valence-electron chi connectivity index (χ0n) is 10.4. The van der Waals surface area contributed by atoms with Crippen LogP contribution in [0.1, 0.15) is 19.4 Å². The van der Waals surface area contributed by atoms with Gasteiger partial charge in [-0.3, -0.25) is 4.79 Å².